The molecule has 1 heterocycles. The normalized spacial score (nSPS) is 15.9. The summed E-state index contributed by atoms with van der Waals surface area (Å²) in [7, 11) is -3.78. The number of halogens is 1. The van der Waals surface area contributed by atoms with Crippen molar-refractivity contribution in [1.82, 2.24) is 9.73 Å². The standard InChI is InChI=1S/C19H22BrN3O3S2/c20-15-8-10-18(11-9-15)28(25,26)23(16-5-2-1-3-6-16)14-19(24)22-21-13-17-7-4-12-27-17/h4,7-13,16H,1-3,5-6,14H2,(H,22,24)/b21-13-. The van der Waals surface area contributed by atoms with E-state index in [0.717, 1.165) is 41.5 Å². The Morgan fingerprint density at radius 3 is 2.57 bits per heavy atom. The lowest BCUT2D eigenvalue weighted by Gasteiger charge is -2.32. The number of carbonyl (C=O) groups excluding carboxylic acids is 1. The van der Waals surface area contributed by atoms with Crippen molar-refractivity contribution in [1.29, 1.82) is 0 Å². The molecule has 1 aromatic carbocycles. The van der Waals surface area contributed by atoms with Gasteiger partial charge < -0.3 is 0 Å². The quantitative estimate of drug-likeness (QED) is 0.477. The molecule has 1 amide bonds. The van der Waals surface area contributed by atoms with E-state index in [-0.39, 0.29) is 17.5 Å². The van der Waals surface area contributed by atoms with Crippen molar-refractivity contribution in [3.05, 3.63) is 51.1 Å². The molecule has 1 fully saturated rings. The molecule has 150 valence electrons. The molecule has 9 heteroatoms. The zero-order chi connectivity index (χ0) is 20.0. The largest absolute Gasteiger partial charge is 0.272 e. The van der Waals surface area contributed by atoms with Crippen molar-refractivity contribution in [3.63, 3.8) is 0 Å². The predicted octanol–water partition coefficient (Wildman–Crippen LogP) is 3.98. The Labute approximate surface area is 177 Å². The number of amides is 1. The summed E-state index contributed by atoms with van der Waals surface area (Å²) >= 11 is 4.83. The Morgan fingerprint density at radius 2 is 1.93 bits per heavy atom. The summed E-state index contributed by atoms with van der Waals surface area (Å²) in [5.74, 6) is -0.445. The molecule has 28 heavy (non-hydrogen) atoms. The maximum absolute atomic E-state index is 13.2. The molecule has 2 aromatic rings. The second-order valence-electron chi connectivity index (χ2n) is 6.60. The van der Waals surface area contributed by atoms with Gasteiger partial charge in [-0.15, -0.1) is 11.3 Å². The number of carbonyl (C=O) groups is 1. The molecule has 0 unspecified atom stereocenters. The molecular formula is C19H22BrN3O3S2. The molecule has 0 radical (unpaired) electrons. The van der Waals surface area contributed by atoms with Crippen molar-refractivity contribution in [2.75, 3.05) is 6.54 Å². The van der Waals surface area contributed by atoms with Gasteiger partial charge in [0, 0.05) is 15.4 Å². The summed E-state index contributed by atoms with van der Waals surface area (Å²) in [6.45, 7) is -0.245. The van der Waals surface area contributed by atoms with Crippen LogP contribution in [0.5, 0.6) is 0 Å². The van der Waals surface area contributed by atoms with Gasteiger partial charge in [-0.1, -0.05) is 41.3 Å². The zero-order valence-corrected chi connectivity index (χ0v) is 18.5. The first-order valence-corrected chi connectivity index (χ1v) is 12.2. The number of benzene rings is 1. The summed E-state index contributed by atoms with van der Waals surface area (Å²) < 4.78 is 28.6. The number of hydrazone groups is 1. The van der Waals surface area contributed by atoms with Crippen LogP contribution in [0.4, 0.5) is 0 Å². The van der Waals surface area contributed by atoms with E-state index >= 15 is 0 Å². The minimum absolute atomic E-state index is 0.172. The lowest BCUT2D eigenvalue weighted by Crippen LogP contribution is -2.46. The molecule has 0 spiro atoms. The topological polar surface area (TPSA) is 78.8 Å². The van der Waals surface area contributed by atoms with Crippen LogP contribution in [0.1, 0.15) is 37.0 Å². The van der Waals surface area contributed by atoms with Crippen LogP contribution in [-0.2, 0) is 14.8 Å². The first kappa shape index (κ1) is 21.2. The van der Waals surface area contributed by atoms with Crippen LogP contribution in [0.3, 0.4) is 0 Å². The van der Waals surface area contributed by atoms with Gasteiger partial charge in [0.05, 0.1) is 17.7 Å². The van der Waals surface area contributed by atoms with Gasteiger partial charge in [0.2, 0.25) is 10.0 Å². The highest BCUT2D eigenvalue weighted by Gasteiger charge is 2.33. The summed E-state index contributed by atoms with van der Waals surface area (Å²) in [5.41, 5.74) is 2.45. The average molecular weight is 484 g/mol. The second kappa shape index (κ2) is 9.78. The number of nitrogens with one attached hydrogen (secondary N) is 1. The van der Waals surface area contributed by atoms with Crippen LogP contribution in [0.2, 0.25) is 0 Å². The molecule has 3 rings (SSSR count). The molecule has 0 saturated heterocycles. The number of rotatable bonds is 7. The van der Waals surface area contributed by atoms with Crippen LogP contribution in [0, 0.1) is 0 Å². The molecule has 1 saturated carbocycles. The zero-order valence-electron chi connectivity index (χ0n) is 15.3. The third-order valence-electron chi connectivity index (χ3n) is 4.63. The third kappa shape index (κ3) is 5.50. The summed E-state index contributed by atoms with van der Waals surface area (Å²) in [4.78, 5) is 13.5. The van der Waals surface area contributed by atoms with Gasteiger partial charge >= 0.3 is 0 Å². The van der Waals surface area contributed by atoms with Gasteiger partial charge in [0.25, 0.3) is 5.91 Å². The third-order valence-corrected chi connectivity index (χ3v) is 7.87. The molecule has 6 nitrogen and oxygen atoms in total. The van der Waals surface area contributed by atoms with Gasteiger partial charge in [-0.3, -0.25) is 4.79 Å². The van der Waals surface area contributed by atoms with Crippen molar-refractivity contribution < 1.29 is 13.2 Å². The monoisotopic (exact) mass is 483 g/mol. The van der Waals surface area contributed by atoms with E-state index in [0.29, 0.717) is 0 Å². The van der Waals surface area contributed by atoms with Crippen LogP contribution in [-0.4, -0.2) is 37.4 Å². The van der Waals surface area contributed by atoms with Gasteiger partial charge in [0.15, 0.2) is 0 Å². The number of thiophene rings is 1. The summed E-state index contributed by atoms with van der Waals surface area (Å²) in [5, 5.41) is 5.85. The molecule has 0 aliphatic heterocycles. The van der Waals surface area contributed by atoms with E-state index in [1.807, 2.05) is 17.5 Å². The smallest absolute Gasteiger partial charge is 0.255 e. The predicted molar refractivity (Wildman–Crippen MR) is 115 cm³/mol. The van der Waals surface area contributed by atoms with Crippen molar-refractivity contribution >= 4 is 49.4 Å². The van der Waals surface area contributed by atoms with Gasteiger partial charge in [-0.25, -0.2) is 13.8 Å². The second-order valence-corrected chi connectivity index (χ2v) is 10.4. The first-order valence-electron chi connectivity index (χ1n) is 9.09. The van der Waals surface area contributed by atoms with Crippen LogP contribution in [0.15, 0.2) is 56.2 Å². The lowest BCUT2D eigenvalue weighted by molar-refractivity contribution is -0.121. The minimum Gasteiger partial charge on any atom is -0.272 e. The van der Waals surface area contributed by atoms with Gasteiger partial charge in [0.1, 0.15) is 0 Å². The van der Waals surface area contributed by atoms with Crippen molar-refractivity contribution in [3.8, 4) is 0 Å². The van der Waals surface area contributed by atoms with E-state index < -0.39 is 15.9 Å². The van der Waals surface area contributed by atoms with E-state index in [2.05, 4.69) is 26.5 Å². The molecule has 0 bridgehead atoms. The van der Waals surface area contributed by atoms with Crippen molar-refractivity contribution in [2.24, 2.45) is 5.10 Å². The maximum Gasteiger partial charge on any atom is 0.255 e. The average Bonchev–Trinajstić information content (AvgIpc) is 3.20. The Bertz CT molecular complexity index is 906. The fraction of sp³-hybridized carbons (Fsp3) is 0.368. The summed E-state index contributed by atoms with van der Waals surface area (Å²) in [6, 6.07) is 10.1. The van der Waals surface area contributed by atoms with Crippen LogP contribution < -0.4 is 5.43 Å². The first-order chi connectivity index (χ1) is 13.5. The Hall–Kier alpha value is -1.55. The van der Waals surface area contributed by atoms with Crippen molar-refractivity contribution in [2.45, 2.75) is 43.0 Å². The van der Waals surface area contributed by atoms with E-state index in [9.17, 15) is 13.2 Å². The molecule has 1 N–H and O–H groups in total. The highest BCUT2D eigenvalue weighted by Crippen LogP contribution is 2.28. The molecular weight excluding hydrogens is 462 g/mol. The van der Waals surface area contributed by atoms with Gasteiger partial charge in [-0.2, -0.15) is 9.41 Å². The Morgan fingerprint density at radius 1 is 1.21 bits per heavy atom. The number of hydrogen-bond donors (Lipinski definition) is 1. The SMILES string of the molecule is O=C(CN(C1CCCCC1)S(=O)(=O)c1ccc(Br)cc1)N/N=C\c1cccs1. The minimum atomic E-state index is -3.78. The van der Waals surface area contributed by atoms with E-state index in [4.69, 9.17) is 0 Å². The van der Waals surface area contributed by atoms with E-state index in [1.165, 1.54) is 15.6 Å². The van der Waals surface area contributed by atoms with Crippen LogP contribution >= 0.6 is 27.3 Å². The molecule has 1 aliphatic carbocycles. The van der Waals surface area contributed by atoms with Gasteiger partial charge in [-0.05, 0) is 48.6 Å². The number of nitrogens with zero attached hydrogens (tertiary/aromatic N) is 2. The maximum atomic E-state index is 13.2. The molecule has 1 aromatic heterocycles. The Kier molecular flexibility index (Phi) is 7.39. The fourth-order valence-corrected chi connectivity index (χ4v) is 5.72. The number of hydrogen-bond acceptors (Lipinski definition) is 5. The van der Waals surface area contributed by atoms with Crippen LogP contribution in [0.25, 0.3) is 0 Å². The number of sulfonamides is 1. The Balaban J connectivity index is 1.76. The lowest BCUT2D eigenvalue weighted by atomic mass is 9.95. The fourth-order valence-electron chi connectivity index (χ4n) is 3.23. The highest BCUT2D eigenvalue weighted by molar-refractivity contribution is 9.10. The molecule has 0 atom stereocenters. The highest BCUT2D eigenvalue weighted by atomic mass is 79.9. The molecule has 1 aliphatic rings. The van der Waals surface area contributed by atoms with E-state index in [1.54, 1.807) is 30.5 Å². The summed E-state index contributed by atoms with van der Waals surface area (Å²) in [6.07, 6.45) is 6.12.